The van der Waals surface area contributed by atoms with Crippen molar-refractivity contribution in [2.24, 2.45) is 0 Å². The van der Waals surface area contributed by atoms with Crippen LogP contribution >= 0.6 is 23.2 Å². The Balaban J connectivity index is 2.12. The standard InChI is InChI=1S/C17H8Cl2F3N3O3/c18-11-5-4-8(6-10(11)17(20,21)22)15(27)9-2-1-3-12(14(9)19)25-16(28)24-13(26)7-23-25/h1-7H,(H,24,26,28). The molecule has 2 aromatic carbocycles. The van der Waals surface area contributed by atoms with Crippen molar-refractivity contribution < 1.29 is 18.0 Å². The lowest BCUT2D eigenvalue weighted by atomic mass is 10.0. The highest BCUT2D eigenvalue weighted by Gasteiger charge is 2.34. The lowest BCUT2D eigenvalue weighted by molar-refractivity contribution is -0.137. The topological polar surface area (TPSA) is 84.8 Å². The molecule has 11 heteroatoms. The molecule has 6 nitrogen and oxygen atoms in total. The number of carbonyl (C=O) groups excluding carboxylic acids is 1. The molecular weight excluding hydrogens is 422 g/mol. The summed E-state index contributed by atoms with van der Waals surface area (Å²) in [5, 5.41) is 2.87. The summed E-state index contributed by atoms with van der Waals surface area (Å²) >= 11 is 11.8. The van der Waals surface area contributed by atoms with Crippen molar-refractivity contribution in [2.45, 2.75) is 6.18 Å². The molecular formula is C17H8Cl2F3N3O3. The Morgan fingerprint density at radius 1 is 1.11 bits per heavy atom. The van der Waals surface area contributed by atoms with Crippen molar-refractivity contribution in [2.75, 3.05) is 0 Å². The largest absolute Gasteiger partial charge is 0.417 e. The molecule has 0 aliphatic rings. The molecule has 0 radical (unpaired) electrons. The minimum atomic E-state index is -4.74. The highest BCUT2D eigenvalue weighted by atomic mass is 35.5. The lowest BCUT2D eigenvalue weighted by Crippen LogP contribution is -2.30. The van der Waals surface area contributed by atoms with E-state index in [-0.39, 0.29) is 21.8 Å². The van der Waals surface area contributed by atoms with Crippen molar-refractivity contribution in [1.82, 2.24) is 14.8 Å². The van der Waals surface area contributed by atoms with Crippen LogP contribution in [0.3, 0.4) is 0 Å². The fourth-order valence-corrected chi connectivity index (χ4v) is 2.94. The Morgan fingerprint density at radius 3 is 2.46 bits per heavy atom. The Kier molecular flexibility index (Phi) is 5.14. The highest BCUT2D eigenvalue weighted by molar-refractivity contribution is 6.36. The van der Waals surface area contributed by atoms with E-state index < -0.39 is 33.8 Å². The monoisotopic (exact) mass is 429 g/mol. The van der Waals surface area contributed by atoms with E-state index in [0.29, 0.717) is 6.07 Å². The maximum atomic E-state index is 13.0. The van der Waals surface area contributed by atoms with Gasteiger partial charge in [-0.3, -0.25) is 14.6 Å². The number of carbonyl (C=O) groups is 1. The number of hydrogen-bond donors (Lipinski definition) is 1. The normalized spacial score (nSPS) is 11.5. The summed E-state index contributed by atoms with van der Waals surface area (Å²) < 4.78 is 39.9. The number of benzene rings is 2. The molecule has 3 rings (SSSR count). The molecule has 3 aromatic rings. The Labute approximate surface area is 164 Å². The predicted octanol–water partition coefficient (Wildman–Crippen LogP) is 3.48. The van der Waals surface area contributed by atoms with Crippen molar-refractivity contribution in [3.8, 4) is 5.69 Å². The summed E-state index contributed by atoms with van der Waals surface area (Å²) in [6.07, 6.45) is -3.91. The van der Waals surface area contributed by atoms with Crippen molar-refractivity contribution in [1.29, 1.82) is 0 Å². The van der Waals surface area contributed by atoms with Crippen molar-refractivity contribution in [3.05, 3.63) is 90.2 Å². The van der Waals surface area contributed by atoms with E-state index in [1.807, 2.05) is 4.98 Å². The van der Waals surface area contributed by atoms with Crippen molar-refractivity contribution in [3.63, 3.8) is 0 Å². The highest BCUT2D eigenvalue weighted by Crippen LogP contribution is 2.36. The first kappa shape index (κ1) is 19.8. The number of hydrogen-bond acceptors (Lipinski definition) is 4. The van der Waals surface area contributed by atoms with Gasteiger partial charge in [0.15, 0.2) is 5.78 Å². The molecule has 0 spiro atoms. The molecule has 0 aliphatic heterocycles. The number of alkyl halides is 3. The van der Waals surface area contributed by atoms with Gasteiger partial charge in [0, 0.05) is 11.1 Å². The van der Waals surface area contributed by atoms with Crippen LogP contribution in [0.4, 0.5) is 13.2 Å². The number of aromatic nitrogens is 3. The summed E-state index contributed by atoms with van der Waals surface area (Å²) in [5.41, 5.74) is -3.27. The summed E-state index contributed by atoms with van der Waals surface area (Å²) in [6, 6.07) is 6.73. The molecule has 144 valence electrons. The molecule has 0 bridgehead atoms. The maximum Gasteiger partial charge on any atom is 0.417 e. The quantitative estimate of drug-likeness (QED) is 0.645. The molecule has 0 fully saturated rings. The first-order valence-corrected chi connectivity index (χ1v) is 8.24. The van der Waals surface area contributed by atoms with Gasteiger partial charge < -0.3 is 0 Å². The fourth-order valence-electron chi connectivity index (χ4n) is 2.42. The smallest absolute Gasteiger partial charge is 0.289 e. The van der Waals surface area contributed by atoms with E-state index in [1.54, 1.807) is 0 Å². The Morgan fingerprint density at radius 2 is 1.82 bits per heavy atom. The van der Waals surface area contributed by atoms with Crippen LogP contribution in [0.2, 0.25) is 10.0 Å². The zero-order valence-electron chi connectivity index (χ0n) is 13.6. The zero-order valence-corrected chi connectivity index (χ0v) is 15.1. The first-order valence-electron chi connectivity index (χ1n) is 7.48. The molecule has 1 aromatic heterocycles. The van der Waals surface area contributed by atoms with E-state index in [1.165, 1.54) is 18.2 Å². The minimum Gasteiger partial charge on any atom is -0.289 e. The fraction of sp³-hybridized carbons (Fsp3) is 0.0588. The number of nitrogens with zero attached hydrogens (tertiary/aromatic N) is 2. The molecule has 1 heterocycles. The van der Waals surface area contributed by atoms with E-state index in [9.17, 15) is 27.6 Å². The van der Waals surface area contributed by atoms with Gasteiger partial charge in [0.05, 0.1) is 21.3 Å². The van der Waals surface area contributed by atoms with Gasteiger partial charge in [0.25, 0.3) is 5.56 Å². The predicted molar refractivity (Wildman–Crippen MR) is 95.4 cm³/mol. The average molecular weight is 430 g/mol. The van der Waals surface area contributed by atoms with Gasteiger partial charge in [-0.25, -0.2) is 4.79 Å². The summed E-state index contributed by atoms with van der Waals surface area (Å²) in [4.78, 5) is 37.7. The second kappa shape index (κ2) is 7.25. The maximum absolute atomic E-state index is 13.0. The third-order valence-corrected chi connectivity index (χ3v) is 4.42. The van der Waals surface area contributed by atoms with Gasteiger partial charge in [0.2, 0.25) is 0 Å². The number of aromatic amines is 1. The summed E-state index contributed by atoms with van der Waals surface area (Å²) in [6.45, 7) is 0. The number of H-pyrrole nitrogens is 1. The molecule has 1 N–H and O–H groups in total. The molecule has 0 amide bonds. The molecule has 0 atom stereocenters. The van der Waals surface area contributed by atoms with E-state index in [4.69, 9.17) is 23.2 Å². The lowest BCUT2D eigenvalue weighted by Gasteiger charge is -2.12. The zero-order chi connectivity index (χ0) is 20.6. The second-order valence-electron chi connectivity index (χ2n) is 5.51. The van der Waals surface area contributed by atoms with Crippen LogP contribution in [0.25, 0.3) is 5.69 Å². The van der Waals surface area contributed by atoms with Crippen LogP contribution < -0.4 is 11.2 Å². The number of halogens is 5. The average Bonchev–Trinajstić information content (AvgIpc) is 2.61. The third-order valence-electron chi connectivity index (χ3n) is 3.70. The van der Waals surface area contributed by atoms with Crippen LogP contribution in [-0.4, -0.2) is 20.5 Å². The molecule has 0 saturated carbocycles. The van der Waals surface area contributed by atoms with E-state index >= 15 is 0 Å². The molecule has 0 saturated heterocycles. The van der Waals surface area contributed by atoms with Gasteiger partial charge in [-0.2, -0.15) is 23.0 Å². The molecule has 0 aliphatic carbocycles. The van der Waals surface area contributed by atoms with Gasteiger partial charge in [-0.15, -0.1) is 0 Å². The van der Waals surface area contributed by atoms with Crippen LogP contribution in [0.5, 0.6) is 0 Å². The number of nitrogens with one attached hydrogen (secondary N) is 1. The van der Waals surface area contributed by atoms with Crippen LogP contribution in [-0.2, 0) is 6.18 Å². The molecule has 0 unspecified atom stereocenters. The Hall–Kier alpha value is -2.91. The second-order valence-corrected chi connectivity index (χ2v) is 6.30. The molecule has 28 heavy (non-hydrogen) atoms. The van der Waals surface area contributed by atoms with Crippen LogP contribution in [0, 0.1) is 0 Å². The van der Waals surface area contributed by atoms with Gasteiger partial charge in [-0.05, 0) is 30.3 Å². The van der Waals surface area contributed by atoms with E-state index in [0.717, 1.165) is 23.0 Å². The van der Waals surface area contributed by atoms with Crippen LogP contribution in [0.15, 0.2) is 52.2 Å². The van der Waals surface area contributed by atoms with Gasteiger partial charge in [0.1, 0.15) is 6.20 Å². The SMILES string of the molecule is O=C(c1ccc(Cl)c(C(F)(F)F)c1)c1cccc(-n2ncc(=O)[nH]c2=O)c1Cl. The van der Waals surface area contributed by atoms with Gasteiger partial charge >= 0.3 is 11.9 Å². The Bertz CT molecular complexity index is 1200. The van der Waals surface area contributed by atoms with Crippen molar-refractivity contribution >= 4 is 29.0 Å². The number of rotatable bonds is 3. The van der Waals surface area contributed by atoms with E-state index in [2.05, 4.69) is 5.10 Å². The summed E-state index contributed by atoms with van der Waals surface area (Å²) in [7, 11) is 0. The number of ketones is 1. The third kappa shape index (κ3) is 3.71. The minimum absolute atomic E-state index is 0.0289. The first-order chi connectivity index (χ1) is 13.1. The summed E-state index contributed by atoms with van der Waals surface area (Å²) in [5.74, 6) is -0.813. The van der Waals surface area contributed by atoms with Gasteiger partial charge in [-0.1, -0.05) is 29.3 Å². The van der Waals surface area contributed by atoms with Crippen LogP contribution in [0.1, 0.15) is 21.5 Å².